The average Bonchev–Trinajstić information content (AvgIpc) is 2.88. The van der Waals surface area contributed by atoms with E-state index in [-0.39, 0.29) is 11.5 Å². The van der Waals surface area contributed by atoms with Gasteiger partial charge in [0.05, 0.1) is 42.7 Å². The van der Waals surface area contributed by atoms with Crippen LogP contribution < -0.4 is 19.5 Å². The molecule has 3 heterocycles. The summed E-state index contributed by atoms with van der Waals surface area (Å²) in [5.74, 6) is -1.40. The lowest BCUT2D eigenvalue weighted by molar-refractivity contribution is -0.138. The molecule has 11 nitrogen and oxygen atoms in total. The number of nitrogens with two attached hydrogens (primary N) is 1. The van der Waals surface area contributed by atoms with Gasteiger partial charge in [0, 0.05) is 47.7 Å². The normalized spacial score (nSPS) is 14.4. The molecule has 2 aromatic heterocycles. The number of nitrogens with zero attached hydrogens (tertiary/aromatic N) is 4. The van der Waals surface area contributed by atoms with Gasteiger partial charge in [-0.25, -0.2) is 13.5 Å². The van der Waals surface area contributed by atoms with Gasteiger partial charge in [-0.1, -0.05) is 24.3 Å². The molecule has 0 saturated carbocycles. The number of nitrogen functional groups attached to an aromatic ring is 1. The van der Waals surface area contributed by atoms with E-state index < -0.39 is 17.9 Å². The highest BCUT2D eigenvalue weighted by atomic mass is 127. The molecule has 1 aliphatic rings. The fourth-order valence-corrected chi connectivity index (χ4v) is 4.16. The van der Waals surface area contributed by atoms with Crippen LogP contribution >= 0.6 is 22.9 Å². The van der Waals surface area contributed by atoms with Gasteiger partial charge in [0.15, 0.2) is 11.5 Å². The standard InChI is InChI=1S/C23H24IN7O4/c24-30-16(23(33)34)11-14-1-3-15(4-2-14)17-13-27-21(25)20(28-17)22(32)29-18-12-26-6-5-19(18)31-7-9-35-10-8-31/h1-6,12-13,16,30H,7-11H2,(H2,25,27)(H,29,32)(H,33,34). The van der Waals surface area contributed by atoms with Gasteiger partial charge in [-0.2, -0.15) is 0 Å². The molecule has 0 radical (unpaired) electrons. The minimum atomic E-state index is -0.922. The van der Waals surface area contributed by atoms with Crippen molar-refractivity contribution in [1.82, 2.24) is 18.5 Å². The summed E-state index contributed by atoms with van der Waals surface area (Å²) < 4.78 is 8.16. The van der Waals surface area contributed by atoms with Crippen LogP contribution in [0.2, 0.25) is 0 Å². The molecule has 3 aromatic rings. The smallest absolute Gasteiger partial charge is 0.321 e. The molecule has 12 heteroatoms. The van der Waals surface area contributed by atoms with Gasteiger partial charge in [-0.3, -0.25) is 14.6 Å². The molecular weight excluding hydrogens is 565 g/mol. The number of nitrogens with one attached hydrogen (secondary N) is 2. The highest BCUT2D eigenvalue weighted by Gasteiger charge is 2.20. The van der Waals surface area contributed by atoms with Gasteiger partial charge in [-0.05, 0) is 18.1 Å². The summed E-state index contributed by atoms with van der Waals surface area (Å²) in [6, 6.07) is 8.41. The number of hydrogen-bond donors (Lipinski definition) is 4. The van der Waals surface area contributed by atoms with Gasteiger partial charge >= 0.3 is 5.97 Å². The van der Waals surface area contributed by atoms with E-state index in [0.29, 0.717) is 44.1 Å². The summed E-state index contributed by atoms with van der Waals surface area (Å²) in [6.45, 7) is 2.64. The molecule has 0 bridgehead atoms. The Bertz CT molecular complexity index is 1200. The van der Waals surface area contributed by atoms with Crippen LogP contribution in [-0.4, -0.2) is 64.3 Å². The molecule has 1 amide bonds. The maximum atomic E-state index is 13.1. The van der Waals surface area contributed by atoms with Crippen LogP contribution in [0.5, 0.6) is 0 Å². The van der Waals surface area contributed by atoms with Crippen LogP contribution in [0.25, 0.3) is 11.3 Å². The molecular formula is C23H24IN7O4. The number of morpholine rings is 1. The number of aromatic nitrogens is 3. The summed E-state index contributed by atoms with van der Waals surface area (Å²) in [5, 5.41) is 12.1. The molecule has 0 aliphatic carbocycles. The first kappa shape index (κ1) is 24.8. The fourth-order valence-electron chi connectivity index (χ4n) is 3.67. The van der Waals surface area contributed by atoms with Crippen LogP contribution in [-0.2, 0) is 16.0 Å². The van der Waals surface area contributed by atoms with Crippen molar-refractivity contribution >= 4 is 51.9 Å². The second-order valence-electron chi connectivity index (χ2n) is 7.84. The number of hydrogen-bond acceptors (Lipinski definition) is 9. The second kappa shape index (κ2) is 11.4. The van der Waals surface area contributed by atoms with Crippen molar-refractivity contribution < 1.29 is 19.4 Å². The number of aliphatic carboxylic acids is 1. The maximum absolute atomic E-state index is 13.1. The lowest BCUT2D eigenvalue weighted by Gasteiger charge is -2.30. The Hall–Kier alpha value is -3.36. The topological polar surface area (TPSA) is 156 Å². The number of ether oxygens (including phenoxy) is 1. The number of carbonyl (C=O) groups excluding carboxylic acids is 1. The predicted octanol–water partition coefficient (Wildman–Crippen LogP) is 2.14. The largest absolute Gasteiger partial charge is 0.480 e. The third-order valence-electron chi connectivity index (χ3n) is 5.53. The van der Waals surface area contributed by atoms with Crippen LogP contribution in [0.1, 0.15) is 16.1 Å². The molecule has 1 saturated heterocycles. The maximum Gasteiger partial charge on any atom is 0.321 e. The second-order valence-corrected chi connectivity index (χ2v) is 8.46. The van der Waals surface area contributed by atoms with Gasteiger partial charge in [-0.15, -0.1) is 0 Å². The molecule has 0 spiro atoms. The Balaban J connectivity index is 1.53. The summed E-state index contributed by atoms with van der Waals surface area (Å²) in [7, 11) is 0. The van der Waals surface area contributed by atoms with Crippen molar-refractivity contribution in [1.29, 1.82) is 0 Å². The van der Waals surface area contributed by atoms with Crippen molar-refractivity contribution in [2.24, 2.45) is 0 Å². The summed E-state index contributed by atoms with van der Waals surface area (Å²) in [5.41, 5.74) is 9.42. The van der Waals surface area contributed by atoms with Gasteiger partial charge in [0.1, 0.15) is 6.04 Å². The van der Waals surface area contributed by atoms with E-state index in [9.17, 15) is 14.7 Å². The highest BCUT2D eigenvalue weighted by molar-refractivity contribution is 14.1. The van der Waals surface area contributed by atoms with E-state index >= 15 is 0 Å². The van der Waals surface area contributed by atoms with Gasteiger partial charge in [0.25, 0.3) is 5.91 Å². The SMILES string of the molecule is Nc1ncc(-c2ccc(CC(NI)C(=O)O)cc2)nc1C(=O)Nc1cnccc1N1CCOCC1. The number of benzene rings is 1. The molecule has 4 rings (SSSR count). The molecule has 1 aromatic carbocycles. The van der Waals surface area contributed by atoms with Crippen LogP contribution in [0, 0.1) is 0 Å². The number of rotatable bonds is 8. The van der Waals surface area contributed by atoms with Gasteiger partial charge < -0.3 is 25.8 Å². The number of carbonyl (C=O) groups is 2. The van der Waals surface area contributed by atoms with E-state index in [1.807, 2.05) is 41.1 Å². The predicted molar refractivity (Wildman–Crippen MR) is 139 cm³/mol. The third kappa shape index (κ3) is 6.01. The number of amides is 1. The number of pyridine rings is 1. The molecule has 1 atom stereocenters. The average molecular weight is 589 g/mol. The van der Waals surface area contributed by atoms with Crippen LogP contribution in [0.15, 0.2) is 48.9 Å². The Kier molecular flexibility index (Phi) is 8.05. The van der Waals surface area contributed by atoms with Crippen molar-refractivity contribution in [3.8, 4) is 11.3 Å². The third-order valence-corrected chi connectivity index (χ3v) is 6.29. The Morgan fingerprint density at radius 3 is 2.60 bits per heavy atom. The number of carboxylic acid groups (broad SMARTS) is 1. The molecule has 5 N–H and O–H groups in total. The molecule has 182 valence electrons. The van der Waals surface area contributed by atoms with Crippen LogP contribution in [0.3, 0.4) is 0 Å². The fraction of sp³-hybridized carbons (Fsp3) is 0.261. The first-order chi connectivity index (χ1) is 17.0. The zero-order valence-electron chi connectivity index (χ0n) is 18.6. The van der Waals surface area contributed by atoms with E-state index in [4.69, 9.17) is 10.5 Å². The first-order valence-corrected chi connectivity index (χ1v) is 11.9. The van der Waals surface area contributed by atoms with E-state index in [2.05, 4.69) is 28.7 Å². The van der Waals surface area contributed by atoms with E-state index in [0.717, 1.165) is 16.8 Å². The highest BCUT2D eigenvalue weighted by Crippen LogP contribution is 2.27. The minimum Gasteiger partial charge on any atom is -0.480 e. The monoisotopic (exact) mass is 589 g/mol. The number of halogens is 1. The van der Waals surface area contributed by atoms with Gasteiger partial charge in [0.2, 0.25) is 0 Å². The summed E-state index contributed by atoms with van der Waals surface area (Å²) in [4.78, 5) is 39.2. The lowest BCUT2D eigenvalue weighted by Crippen LogP contribution is -2.36. The Labute approximate surface area is 215 Å². The minimum absolute atomic E-state index is 0.00316. The van der Waals surface area contributed by atoms with Crippen molar-refractivity contribution in [3.05, 3.63) is 60.2 Å². The van der Waals surface area contributed by atoms with E-state index in [1.54, 1.807) is 24.5 Å². The quantitative estimate of drug-likeness (QED) is 0.227. The lowest BCUT2D eigenvalue weighted by atomic mass is 10.0. The van der Waals surface area contributed by atoms with Crippen molar-refractivity contribution in [2.45, 2.75) is 12.5 Å². The van der Waals surface area contributed by atoms with Crippen LogP contribution in [0.4, 0.5) is 17.2 Å². The first-order valence-electron chi connectivity index (χ1n) is 10.8. The summed E-state index contributed by atoms with van der Waals surface area (Å²) >= 11 is 1.83. The summed E-state index contributed by atoms with van der Waals surface area (Å²) in [6.07, 6.45) is 5.09. The molecule has 1 fully saturated rings. The molecule has 1 aliphatic heterocycles. The molecule has 35 heavy (non-hydrogen) atoms. The number of carboxylic acids is 1. The zero-order valence-corrected chi connectivity index (χ0v) is 20.8. The Morgan fingerprint density at radius 2 is 1.91 bits per heavy atom. The zero-order chi connectivity index (χ0) is 24.8. The number of anilines is 3. The van der Waals surface area contributed by atoms with Crippen molar-refractivity contribution in [2.75, 3.05) is 42.3 Å². The van der Waals surface area contributed by atoms with E-state index in [1.165, 1.54) is 6.20 Å². The Morgan fingerprint density at radius 1 is 1.17 bits per heavy atom. The molecule has 1 unspecified atom stereocenters. The van der Waals surface area contributed by atoms with Crippen molar-refractivity contribution in [3.63, 3.8) is 0 Å².